The van der Waals surface area contributed by atoms with E-state index in [0.717, 1.165) is 6.42 Å². The van der Waals surface area contributed by atoms with Crippen molar-refractivity contribution in [2.45, 2.75) is 40.2 Å². The van der Waals surface area contributed by atoms with Crippen molar-refractivity contribution in [3.63, 3.8) is 0 Å². The SMILES string of the molecule is CCC(C)NC(=O)c1cccc(C(=O)N(CC)CC)c1. The second kappa shape index (κ2) is 7.68. The van der Waals surface area contributed by atoms with Crippen LogP contribution in [0.2, 0.25) is 0 Å². The molecule has 1 rings (SSSR count). The van der Waals surface area contributed by atoms with Crippen LogP contribution < -0.4 is 5.32 Å². The maximum Gasteiger partial charge on any atom is 0.253 e. The van der Waals surface area contributed by atoms with Crippen LogP contribution in [0, 0.1) is 0 Å². The van der Waals surface area contributed by atoms with Gasteiger partial charge in [-0.1, -0.05) is 13.0 Å². The van der Waals surface area contributed by atoms with Gasteiger partial charge < -0.3 is 10.2 Å². The Kier molecular flexibility index (Phi) is 6.22. The van der Waals surface area contributed by atoms with Crippen molar-refractivity contribution in [3.8, 4) is 0 Å². The average Bonchev–Trinajstić information content (AvgIpc) is 2.48. The highest BCUT2D eigenvalue weighted by Gasteiger charge is 2.15. The lowest BCUT2D eigenvalue weighted by molar-refractivity contribution is 0.0773. The summed E-state index contributed by atoms with van der Waals surface area (Å²) in [5, 5.41) is 2.91. The standard InChI is InChI=1S/C16H24N2O2/c1-5-12(4)17-15(19)13-9-8-10-14(11-13)16(20)18(6-2)7-3/h8-12H,5-7H2,1-4H3,(H,17,19). The maximum absolute atomic E-state index is 12.3. The van der Waals surface area contributed by atoms with E-state index >= 15 is 0 Å². The first-order valence-electron chi connectivity index (χ1n) is 7.23. The summed E-state index contributed by atoms with van der Waals surface area (Å²) in [5.74, 6) is -0.165. The lowest BCUT2D eigenvalue weighted by Gasteiger charge is -2.19. The molecule has 0 bridgehead atoms. The third-order valence-corrected chi connectivity index (χ3v) is 3.41. The molecule has 4 nitrogen and oxygen atoms in total. The van der Waals surface area contributed by atoms with Crippen molar-refractivity contribution in [2.24, 2.45) is 0 Å². The van der Waals surface area contributed by atoms with Gasteiger partial charge in [0.25, 0.3) is 11.8 Å². The molecule has 0 saturated carbocycles. The first-order valence-corrected chi connectivity index (χ1v) is 7.23. The minimum atomic E-state index is -0.131. The molecule has 0 aliphatic rings. The fraction of sp³-hybridized carbons (Fsp3) is 0.500. The molecule has 110 valence electrons. The van der Waals surface area contributed by atoms with E-state index in [9.17, 15) is 9.59 Å². The third-order valence-electron chi connectivity index (χ3n) is 3.41. The van der Waals surface area contributed by atoms with Crippen molar-refractivity contribution in [1.82, 2.24) is 10.2 Å². The van der Waals surface area contributed by atoms with E-state index in [2.05, 4.69) is 5.32 Å². The number of carbonyl (C=O) groups is 2. The summed E-state index contributed by atoms with van der Waals surface area (Å²) in [6.07, 6.45) is 0.879. The van der Waals surface area contributed by atoms with Gasteiger partial charge in [0.05, 0.1) is 0 Å². The summed E-state index contributed by atoms with van der Waals surface area (Å²) in [4.78, 5) is 26.1. The van der Waals surface area contributed by atoms with Crippen molar-refractivity contribution in [1.29, 1.82) is 0 Å². The van der Waals surface area contributed by atoms with Crippen LogP contribution in [0.4, 0.5) is 0 Å². The molecule has 0 saturated heterocycles. The van der Waals surface area contributed by atoms with Crippen LogP contribution in [0.25, 0.3) is 0 Å². The van der Waals surface area contributed by atoms with E-state index in [1.54, 1.807) is 29.2 Å². The van der Waals surface area contributed by atoms with E-state index in [1.165, 1.54) is 0 Å². The van der Waals surface area contributed by atoms with Crippen LogP contribution in [0.3, 0.4) is 0 Å². The zero-order valence-corrected chi connectivity index (χ0v) is 12.8. The molecular weight excluding hydrogens is 252 g/mol. The smallest absolute Gasteiger partial charge is 0.253 e. The van der Waals surface area contributed by atoms with Gasteiger partial charge in [-0.3, -0.25) is 9.59 Å². The van der Waals surface area contributed by atoms with Gasteiger partial charge in [-0.05, 0) is 45.4 Å². The highest BCUT2D eigenvalue weighted by atomic mass is 16.2. The quantitative estimate of drug-likeness (QED) is 0.868. The minimum Gasteiger partial charge on any atom is -0.350 e. The predicted octanol–water partition coefficient (Wildman–Crippen LogP) is 2.70. The average molecular weight is 276 g/mol. The van der Waals surface area contributed by atoms with Crippen LogP contribution >= 0.6 is 0 Å². The van der Waals surface area contributed by atoms with Crippen LogP contribution in [0.15, 0.2) is 24.3 Å². The molecule has 0 fully saturated rings. The van der Waals surface area contributed by atoms with Gasteiger partial charge in [0.2, 0.25) is 0 Å². The molecule has 4 heteroatoms. The summed E-state index contributed by atoms with van der Waals surface area (Å²) in [6.45, 7) is 9.20. The van der Waals surface area contributed by atoms with E-state index in [0.29, 0.717) is 24.2 Å². The van der Waals surface area contributed by atoms with Gasteiger partial charge in [0.1, 0.15) is 0 Å². The molecule has 1 unspecified atom stereocenters. The molecule has 0 aliphatic heterocycles. The molecule has 1 aromatic carbocycles. The van der Waals surface area contributed by atoms with Crippen molar-refractivity contribution in [2.75, 3.05) is 13.1 Å². The summed E-state index contributed by atoms with van der Waals surface area (Å²) < 4.78 is 0. The second-order valence-corrected chi connectivity index (χ2v) is 4.84. The molecule has 1 aromatic rings. The normalized spacial score (nSPS) is 11.8. The van der Waals surface area contributed by atoms with Gasteiger partial charge in [-0.25, -0.2) is 0 Å². The zero-order chi connectivity index (χ0) is 15.1. The first-order chi connectivity index (χ1) is 9.53. The Balaban J connectivity index is 2.90. The number of nitrogens with zero attached hydrogens (tertiary/aromatic N) is 1. The van der Waals surface area contributed by atoms with Crippen molar-refractivity contribution in [3.05, 3.63) is 35.4 Å². The van der Waals surface area contributed by atoms with Gasteiger partial charge in [0, 0.05) is 30.3 Å². The Hall–Kier alpha value is -1.84. The third kappa shape index (κ3) is 4.08. The van der Waals surface area contributed by atoms with E-state index in [4.69, 9.17) is 0 Å². The summed E-state index contributed by atoms with van der Waals surface area (Å²) in [7, 11) is 0. The number of carbonyl (C=O) groups excluding carboxylic acids is 2. The number of amides is 2. The molecule has 0 radical (unpaired) electrons. The lowest BCUT2D eigenvalue weighted by atomic mass is 10.1. The Morgan fingerprint density at radius 2 is 1.75 bits per heavy atom. The molecule has 0 heterocycles. The number of hydrogen-bond acceptors (Lipinski definition) is 2. The molecular formula is C16H24N2O2. The van der Waals surface area contributed by atoms with Gasteiger partial charge in [-0.15, -0.1) is 0 Å². The summed E-state index contributed by atoms with van der Waals surface area (Å²) >= 11 is 0. The molecule has 20 heavy (non-hydrogen) atoms. The van der Waals surface area contributed by atoms with Crippen molar-refractivity contribution >= 4 is 11.8 Å². The first kappa shape index (κ1) is 16.2. The van der Waals surface area contributed by atoms with Gasteiger partial charge in [0.15, 0.2) is 0 Å². The fourth-order valence-electron chi connectivity index (χ4n) is 1.90. The second-order valence-electron chi connectivity index (χ2n) is 4.84. The van der Waals surface area contributed by atoms with Crippen LogP contribution in [0.1, 0.15) is 54.8 Å². The monoisotopic (exact) mass is 276 g/mol. The summed E-state index contributed by atoms with van der Waals surface area (Å²) in [5.41, 5.74) is 1.09. The molecule has 1 N–H and O–H groups in total. The minimum absolute atomic E-state index is 0.0341. The Labute approximate surface area is 121 Å². The number of rotatable bonds is 6. The van der Waals surface area contributed by atoms with E-state index in [1.807, 2.05) is 27.7 Å². The van der Waals surface area contributed by atoms with E-state index in [-0.39, 0.29) is 17.9 Å². The zero-order valence-electron chi connectivity index (χ0n) is 12.8. The van der Waals surface area contributed by atoms with Crippen LogP contribution in [0.5, 0.6) is 0 Å². The predicted molar refractivity (Wildman–Crippen MR) is 80.9 cm³/mol. The largest absolute Gasteiger partial charge is 0.350 e. The molecule has 0 aliphatic carbocycles. The van der Waals surface area contributed by atoms with Crippen LogP contribution in [-0.4, -0.2) is 35.8 Å². The van der Waals surface area contributed by atoms with Crippen molar-refractivity contribution < 1.29 is 9.59 Å². The molecule has 1 atom stereocenters. The maximum atomic E-state index is 12.3. The number of benzene rings is 1. The van der Waals surface area contributed by atoms with Gasteiger partial charge >= 0.3 is 0 Å². The van der Waals surface area contributed by atoms with Crippen LogP contribution in [-0.2, 0) is 0 Å². The lowest BCUT2D eigenvalue weighted by Crippen LogP contribution is -2.33. The Bertz CT molecular complexity index is 467. The number of hydrogen-bond donors (Lipinski definition) is 1. The van der Waals surface area contributed by atoms with E-state index < -0.39 is 0 Å². The highest BCUT2D eigenvalue weighted by Crippen LogP contribution is 2.09. The molecule has 0 spiro atoms. The number of nitrogens with one attached hydrogen (secondary N) is 1. The Morgan fingerprint density at radius 1 is 1.15 bits per heavy atom. The van der Waals surface area contributed by atoms with Gasteiger partial charge in [-0.2, -0.15) is 0 Å². The fourth-order valence-corrected chi connectivity index (χ4v) is 1.90. The molecule has 0 aromatic heterocycles. The Morgan fingerprint density at radius 3 is 2.30 bits per heavy atom. The summed E-state index contributed by atoms with van der Waals surface area (Å²) in [6, 6.07) is 7.03. The highest BCUT2D eigenvalue weighted by molar-refractivity contribution is 5.99. The molecule has 2 amide bonds. The topological polar surface area (TPSA) is 49.4 Å².